The number of hydrogen-bond acceptors (Lipinski definition) is 6. The number of carboxylic acid groups (broad SMARTS) is 2. The zero-order valence-electron chi connectivity index (χ0n) is 12.5. The van der Waals surface area contributed by atoms with Crippen molar-refractivity contribution in [3.63, 3.8) is 0 Å². The maximum absolute atomic E-state index is 12.4. The number of hydrogen-bond donors (Lipinski definition) is 3. The molecule has 2 saturated heterocycles. The predicted octanol–water partition coefficient (Wildman–Crippen LogP) is 0.378. The number of carboxylic acids is 2. The van der Waals surface area contributed by atoms with Crippen LogP contribution in [0.3, 0.4) is 0 Å². The van der Waals surface area contributed by atoms with Crippen LogP contribution in [0.1, 0.15) is 11.5 Å². The predicted molar refractivity (Wildman–Crippen MR) is 90.8 cm³/mol. The summed E-state index contributed by atoms with van der Waals surface area (Å²) in [6, 6.07) is 0.662. The third-order valence-corrected chi connectivity index (χ3v) is 6.91. The van der Waals surface area contributed by atoms with Crippen LogP contribution in [-0.4, -0.2) is 67.5 Å². The van der Waals surface area contributed by atoms with Crippen molar-refractivity contribution in [1.29, 1.82) is 0 Å². The van der Waals surface area contributed by atoms with Crippen molar-refractivity contribution < 1.29 is 29.4 Å². The van der Waals surface area contributed by atoms with E-state index < -0.39 is 46.0 Å². The molecule has 3 unspecified atom stereocenters. The molecule has 0 saturated carbocycles. The smallest absolute Gasteiger partial charge is 0.327 e. The Morgan fingerprint density at radius 1 is 1.40 bits per heavy atom. The molecule has 2 amide bonds. The lowest BCUT2D eigenvalue weighted by Gasteiger charge is -2.52. The molecule has 3 rings (SSSR count). The van der Waals surface area contributed by atoms with E-state index >= 15 is 0 Å². The van der Waals surface area contributed by atoms with E-state index in [4.69, 9.17) is 16.7 Å². The fraction of sp³-hybridized carbons (Fsp3) is 0.429. The van der Waals surface area contributed by atoms with Gasteiger partial charge in [0.15, 0.2) is 10.8 Å². The molecule has 134 valence electrons. The second kappa shape index (κ2) is 6.50. The van der Waals surface area contributed by atoms with Gasteiger partial charge in [0.2, 0.25) is 11.8 Å². The molecule has 0 bridgehead atoms. The summed E-state index contributed by atoms with van der Waals surface area (Å²) in [5, 5.41) is 23.7. The maximum Gasteiger partial charge on any atom is 0.327 e. The summed E-state index contributed by atoms with van der Waals surface area (Å²) in [6.45, 7) is -0.153. The third kappa shape index (κ3) is 3.09. The van der Waals surface area contributed by atoms with E-state index in [0.717, 1.165) is 11.8 Å². The van der Waals surface area contributed by atoms with Crippen LogP contribution < -0.4 is 5.32 Å². The monoisotopic (exact) mass is 404 g/mol. The second-order valence-electron chi connectivity index (χ2n) is 5.75. The van der Waals surface area contributed by atoms with Gasteiger partial charge in [0.25, 0.3) is 0 Å². The first-order valence-corrected chi connectivity index (χ1v) is 9.51. The molecule has 2 fully saturated rings. The highest BCUT2D eigenvalue weighted by Gasteiger charge is 2.57. The molecule has 0 aliphatic carbocycles. The fourth-order valence-corrected chi connectivity index (χ4v) is 5.14. The lowest BCUT2D eigenvalue weighted by atomic mass is 9.98. The van der Waals surface area contributed by atoms with Gasteiger partial charge in [-0.25, -0.2) is 0 Å². The number of thioether (sulfide) groups is 1. The van der Waals surface area contributed by atoms with E-state index in [2.05, 4.69) is 5.32 Å². The first-order chi connectivity index (χ1) is 11.7. The number of rotatable bonds is 5. The van der Waals surface area contributed by atoms with Crippen LogP contribution in [0.5, 0.6) is 0 Å². The molecule has 2 aliphatic heterocycles. The van der Waals surface area contributed by atoms with Gasteiger partial charge in [-0.2, -0.15) is 11.3 Å². The average Bonchev–Trinajstić information content (AvgIpc) is 3.06. The van der Waals surface area contributed by atoms with Gasteiger partial charge in [0.05, 0.1) is 6.54 Å². The first-order valence-electron chi connectivity index (χ1n) is 7.14. The summed E-state index contributed by atoms with van der Waals surface area (Å²) in [6.07, 6.45) is 0. The van der Waals surface area contributed by atoms with E-state index in [-0.39, 0.29) is 12.3 Å². The Kier molecular flexibility index (Phi) is 4.69. The van der Waals surface area contributed by atoms with E-state index in [1.54, 1.807) is 16.8 Å². The van der Waals surface area contributed by atoms with Gasteiger partial charge < -0.3 is 20.4 Å². The number of carbonyl (C=O) groups excluding carboxylic acids is 2. The van der Waals surface area contributed by atoms with Crippen LogP contribution in [-0.2, 0) is 19.2 Å². The average molecular weight is 405 g/mol. The summed E-state index contributed by atoms with van der Waals surface area (Å²) in [5.74, 6) is -5.06. The molecule has 1 aromatic rings. The van der Waals surface area contributed by atoms with Gasteiger partial charge in [-0.15, -0.1) is 23.4 Å². The number of amides is 2. The Hall–Kier alpha value is -1.78. The maximum atomic E-state index is 12.4. The molecule has 2 aliphatic rings. The molecule has 3 heterocycles. The summed E-state index contributed by atoms with van der Waals surface area (Å²) in [7, 11) is 0. The Morgan fingerprint density at radius 3 is 2.68 bits per heavy atom. The van der Waals surface area contributed by atoms with E-state index in [9.17, 15) is 24.3 Å². The number of carbonyl (C=O) groups is 4. The molecule has 1 aromatic heterocycles. The highest BCUT2D eigenvalue weighted by molar-refractivity contribution is 8.00. The minimum atomic E-state index is -1.55. The van der Waals surface area contributed by atoms with Crippen LogP contribution in [0, 0.1) is 0 Å². The van der Waals surface area contributed by atoms with Gasteiger partial charge in [0, 0.05) is 5.75 Å². The molecular formula is C14H13ClN2O6S2. The van der Waals surface area contributed by atoms with Gasteiger partial charge in [-0.1, -0.05) is 0 Å². The topological polar surface area (TPSA) is 124 Å². The quantitative estimate of drug-likeness (QED) is 0.368. The number of halogens is 1. The number of alkyl halides is 1. The number of nitrogens with one attached hydrogen (secondary N) is 1. The highest BCUT2D eigenvalue weighted by Crippen LogP contribution is 2.41. The normalized spacial score (nSPS) is 29.3. The van der Waals surface area contributed by atoms with Gasteiger partial charge in [0.1, 0.15) is 11.4 Å². The Labute approximate surface area is 155 Å². The van der Waals surface area contributed by atoms with Crippen molar-refractivity contribution in [3.8, 4) is 0 Å². The minimum absolute atomic E-state index is 0.0809. The van der Waals surface area contributed by atoms with Crippen molar-refractivity contribution in [3.05, 3.63) is 22.4 Å². The van der Waals surface area contributed by atoms with Crippen LogP contribution in [0.2, 0.25) is 0 Å². The van der Waals surface area contributed by atoms with Crippen LogP contribution in [0.4, 0.5) is 0 Å². The number of fused-ring (bicyclic) bond motifs is 1. The lowest BCUT2D eigenvalue weighted by Crippen LogP contribution is -2.74. The van der Waals surface area contributed by atoms with Crippen molar-refractivity contribution in [2.24, 2.45) is 0 Å². The van der Waals surface area contributed by atoms with Crippen molar-refractivity contribution in [1.82, 2.24) is 10.2 Å². The minimum Gasteiger partial charge on any atom is -0.480 e. The molecule has 0 spiro atoms. The molecule has 11 heteroatoms. The largest absolute Gasteiger partial charge is 0.480 e. The molecular weight excluding hydrogens is 392 g/mol. The highest BCUT2D eigenvalue weighted by atomic mass is 35.5. The summed E-state index contributed by atoms with van der Waals surface area (Å²) < 4.78 is 0. The van der Waals surface area contributed by atoms with Gasteiger partial charge >= 0.3 is 11.9 Å². The van der Waals surface area contributed by atoms with Gasteiger partial charge in [-0.3, -0.25) is 19.2 Å². The number of nitrogens with zero attached hydrogens (tertiary/aromatic N) is 1. The summed E-state index contributed by atoms with van der Waals surface area (Å²) >= 11 is 8.43. The van der Waals surface area contributed by atoms with Crippen molar-refractivity contribution in [2.45, 2.75) is 22.2 Å². The van der Waals surface area contributed by atoms with Crippen LogP contribution in [0.15, 0.2) is 16.8 Å². The van der Waals surface area contributed by atoms with Crippen LogP contribution >= 0.6 is 34.7 Å². The number of thiophene rings is 1. The molecule has 4 atom stereocenters. The summed E-state index contributed by atoms with van der Waals surface area (Å²) in [5.41, 5.74) is 0.348. The SMILES string of the molecule is O=C(O)C(C(=O)NC1C(=O)N2CC(Cl)(C(=O)O)CS[C@H]12)c1ccsc1. The van der Waals surface area contributed by atoms with Crippen molar-refractivity contribution in [2.75, 3.05) is 12.3 Å². The standard InChI is InChI=1S/C14H13ClN2O6S2/c15-14(13(22)23)4-17-10(19)8(11(17)25-5-14)16-9(18)7(12(20)21)6-1-2-24-3-6/h1-3,7-8,11H,4-5H2,(H,16,18)(H,20,21)(H,22,23)/t7?,8?,11-,14?/m1/s1. The van der Waals surface area contributed by atoms with Crippen LogP contribution in [0.25, 0.3) is 0 Å². The fourth-order valence-electron chi connectivity index (χ4n) is 2.76. The van der Waals surface area contributed by atoms with E-state index in [1.165, 1.54) is 16.2 Å². The number of aliphatic carboxylic acids is 2. The lowest BCUT2D eigenvalue weighted by molar-refractivity contribution is -0.154. The third-order valence-electron chi connectivity index (χ3n) is 4.11. The molecule has 0 aromatic carbocycles. The Balaban J connectivity index is 1.69. The molecule has 3 N–H and O–H groups in total. The van der Waals surface area contributed by atoms with E-state index in [0.29, 0.717) is 5.56 Å². The molecule has 0 radical (unpaired) electrons. The summed E-state index contributed by atoms with van der Waals surface area (Å²) in [4.78, 5) is 46.9. The zero-order chi connectivity index (χ0) is 18.4. The zero-order valence-corrected chi connectivity index (χ0v) is 14.9. The Morgan fingerprint density at radius 2 is 2.12 bits per heavy atom. The Bertz CT molecular complexity index is 742. The van der Waals surface area contributed by atoms with Gasteiger partial charge in [-0.05, 0) is 22.4 Å². The number of β-lactam (4-membered cyclic amide) rings is 1. The molecule has 25 heavy (non-hydrogen) atoms. The second-order valence-corrected chi connectivity index (χ2v) is 8.36. The molecule has 8 nitrogen and oxygen atoms in total. The van der Waals surface area contributed by atoms with E-state index in [1.807, 2.05) is 0 Å². The first kappa shape index (κ1) is 18.0. The van der Waals surface area contributed by atoms with Crippen molar-refractivity contribution >= 4 is 58.5 Å².